The predicted octanol–water partition coefficient (Wildman–Crippen LogP) is 1.67. The zero-order valence-corrected chi connectivity index (χ0v) is 13.7. The smallest absolute Gasteiger partial charge is 0.256 e. The van der Waals surface area contributed by atoms with E-state index < -0.39 is 12.0 Å². The molecule has 2 unspecified atom stereocenters. The van der Waals surface area contributed by atoms with Gasteiger partial charge in [0, 0.05) is 24.5 Å². The van der Waals surface area contributed by atoms with E-state index in [-0.39, 0.29) is 23.6 Å². The van der Waals surface area contributed by atoms with E-state index in [1.54, 1.807) is 25.3 Å². The first kappa shape index (κ1) is 17.0. The van der Waals surface area contributed by atoms with Gasteiger partial charge in [0.2, 0.25) is 5.43 Å². The van der Waals surface area contributed by atoms with Gasteiger partial charge in [-0.3, -0.25) is 9.59 Å². The number of carbonyl (C=O) groups excluding carboxylic acids is 1. The van der Waals surface area contributed by atoms with Gasteiger partial charge in [-0.15, -0.1) is 0 Å². The molecule has 2 aromatic rings. The average molecular weight is 317 g/mol. The van der Waals surface area contributed by atoms with Gasteiger partial charge in [-0.1, -0.05) is 13.0 Å². The van der Waals surface area contributed by atoms with Crippen molar-refractivity contribution in [3.63, 3.8) is 0 Å². The number of nitrogens with zero attached hydrogens (tertiary/aromatic N) is 1. The Morgan fingerprint density at radius 2 is 2.09 bits per heavy atom. The molecule has 1 amide bonds. The number of amides is 1. The average Bonchev–Trinajstić information content (AvgIpc) is 2.52. The van der Waals surface area contributed by atoms with Gasteiger partial charge in [0.15, 0.2) is 0 Å². The molecule has 0 bridgehead atoms. The van der Waals surface area contributed by atoms with Crippen molar-refractivity contribution in [2.45, 2.75) is 39.3 Å². The number of nitrogens with two attached hydrogens (primary N) is 1. The van der Waals surface area contributed by atoms with Crippen molar-refractivity contribution in [3.05, 3.63) is 40.2 Å². The van der Waals surface area contributed by atoms with E-state index in [1.807, 2.05) is 24.5 Å². The summed E-state index contributed by atoms with van der Waals surface area (Å²) in [6, 6.07) is 5.39. The Kier molecular flexibility index (Phi) is 5.05. The van der Waals surface area contributed by atoms with Crippen LogP contribution in [-0.4, -0.2) is 28.2 Å². The van der Waals surface area contributed by atoms with E-state index in [4.69, 9.17) is 5.73 Å². The lowest BCUT2D eigenvalue weighted by Crippen LogP contribution is -2.34. The Balaban J connectivity index is 2.66. The minimum Gasteiger partial charge on any atom is -0.398 e. The number of hydrogen-bond donors (Lipinski definition) is 3. The van der Waals surface area contributed by atoms with Crippen LogP contribution in [0, 0.1) is 0 Å². The summed E-state index contributed by atoms with van der Waals surface area (Å²) >= 11 is 0. The van der Waals surface area contributed by atoms with Gasteiger partial charge < -0.3 is 20.7 Å². The number of anilines is 1. The Morgan fingerprint density at radius 3 is 2.70 bits per heavy atom. The highest BCUT2D eigenvalue weighted by molar-refractivity contribution is 6.00. The number of nitrogens with one attached hydrogen (secondary N) is 1. The summed E-state index contributed by atoms with van der Waals surface area (Å²) in [4.78, 5) is 25.0. The molecule has 0 radical (unpaired) electrons. The van der Waals surface area contributed by atoms with Crippen LogP contribution in [0.15, 0.2) is 29.2 Å². The van der Waals surface area contributed by atoms with Crippen LogP contribution in [0.25, 0.3) is 10.9 Å². The van der Waals surface area contributed by atoms with Gasteiger partial charge >= 0.3 is 0 Å². The van der Waals surface area contributed by atoms with Crippen LogP contribution in [-0.2, 0) is 0 Å². The molecule has 23 heavy (non-hydrogen) atoms. The number of aromatic nitrogens is 1. The van der Waals surface area contributed by atoms with Gasteiger partial charge in [-0.2, -0.15) is 0 Å². The molecule has 0 fully saturated rings. The second-order valence-corrected chi connectivity index (χ2v) is 5.84. The van der Waals surface area contributed by atoms with Gasteiger partial charge in [0.25, 0.3) is 5.91 Å². The summed E-state index contributed by atoms with van der Waals surface area (Å²) in [7, 11) is 0. The van der Waals surface area contributed by atoms with Crippen molar-refractivity contribution in [1.82, 2.24) is 9.88 Å². The third kappa shape index (κ3) is 3.37. The minimum absolute atomic E-state index is 0.0383. The molecule has 1 aromatic carbocycles. The topological polar surface area (TPSA) is 97.4 Å². The number of pyridine rings is 1. The Bertz CT molecular complexity index is 780. The zero-order chi connectivity index (χ0) is 17.1. The molecule has 1 heterocycles. The van der Waals surface area contributed by atoms with E-state index in [0.717, 1.165) is 11.9 Å². The fraction of sp³-hybridized carbons (Fsp3) is 0.412. The van der Waals surface area contributed by atoms with Crippen LogP contribution < -0.4 is 16.5 Å². The molecule has 2 rings (SSSR count). The molecular formula is C17H23N3O3. The highest BCUT2D eigenvalue weighted by Gasteiger charge is 2.18. The van der Waals surface area contributed by atoms with Crippen molar-refractivity contribution in [2.75, 3.05) is 12.3 Å². The highest BCUT2D eigenvalue weighted by atomic mass is 16.3. The van der Waals surface area contributed by atoms with E-state index in [9.17, 15) is 14.7 Å². The molecular weight excluding hydrogens is 294 g/mol. The largest absolute Gasteiger partial charge is 0.398 e. The highest BCUT2D eigenvalue weighted by Crippen LogP contribution is 2.23. The first-order valence-corrected chi connectivity index (χ1v) is 7.76. The summed E-state index contributed by atoms with van der Waals surface area (Å²) in [5.41, 5.74) is 6.70. The van der Waals surface area contributed by atoms with Crippen molar-refractivity contribution in [2.24, 2.45) is 0 Å². The fourth-order valence-corrected chi connectivity index (χ4v) is 2.48. The molecule has 0 aliphatic heterocycles. The quantitative estimate of drug-likeness (QED) is 0.731. The summed E-state index contributed by atoms with van der Waals surface area (Å²) in [6.45, 7) is 5.71. The monoisotopic (exact) mass is 317 g/mol. The molecule has 124 valence electrons. The molecule has 6 heteroatoms. The Hall–Kier alpha value is -2.34. The number of hydrogen-bond acceptors (Lipinski definition) is 4. The van der Waals surface area contributed by atoms with Crippen molar-refractivity contribution < 1.29 is 9.90 Å². The van der Waals surface area contributed by atoms with Crippen molar-refractivity contribution >= 4 is 22.5 Å². The third-order valence-electron chi connectivity index (χ3n) is 3.96. The van der Waals surface area contributed by atoms with Crippen LogP contribution >= 0.6 is 0 Å². The molecule has 1 aromatic heterocycles. The number of aliphatic hydroxyl groups excluding tert-OH is 1. The molecule has 0 spiro atoms. The van der Waals surface area contributed by atoms with Gasteiger partial charge in [-0.05, 0) is 32.4 Å². The van der Waals surface area contributed by atoms with E-state index in [1.165, 1.54) is 0 Å². The van der Waals surface area contributed by atoms with E-state index in [0.29, 0.717) is 11.1 Å². The van der Waals surface area contributed by atoms with Crippen molar-refractivity contribution in [3.8, 4) is 0 Å². The van der Waals surface area contributed by atoms with Crippen molar-refractivity contribution in [1.29, 1.82) is 0 Å². The lowest BCUT2D eigenvalue weighted by atomic mass is 10.1. The van der Waals surface area contributed by atoms with Gasteiger partial charge in [0.05, 0.1) is 17.0 Å². The second-order valence-electron chi connectivity index (χ2n) is 5.84. The summed E-state index contributed by atoms with van der Waals surface area (Å²) in [6.07, 6.45) is 1.75. The first-order chi connectivity index (χ1) is 10.9. The number of aliphatic hydroxyl groups is 1. The lowest BCUT2D eigenvalue weighted by molar-refractivity contribution is 0.0922. The number of benzene rings is 1. The third-order valence-corrected chi connectivity index (χ3v) is 3.96. The Morgan fingerprint density at radius 1 is 1.39 bits per heavy atom. The number of fused-ring (bicyclic) bond motifs is 1. The van der Waals surface area contributed by atoms with E-state index in [2.05, 4.69) is 5.32 Å². The van der Waals surface area contributed by atoms with Crippen LogP contribution in [0.2, 0.25) is 0 Å². The maximum atomic E-state index is 12.7. The maximum Gasteiger partial charge on any atom is 0.256 e. The first-order valence-electron chi connectivity index (χ1n) is 7.76. The van der Waals surface area contributed by atoms with Crippen LogP contribution in [0.3, 0.4) is 0 Å². The zero-order valence-electron chi connectivity index (χ0n) is 13.7. The van der Waals surface area contributed by atoms with Crippen LogP contribution in [0.1, 0.15) is 43.6 Å². The van der Waals surface area contributed by atoms with Crippen LogP contribution in [0.4, 0.5) is 5.69 Å². The molecule has 0 aliphatic rings. The molecule has 0 saturated carbocycles. The molecule has 0 aliphatic carbocycles. The number of carbonyl (C=O) groups is 1. The number of nitrogen functional groups attached to an aromatic ring is 1. The van der Waals surface area contributed by atoms with Crippen LogP contribution in [0.5, 0.6) is 0 Å². The second kappa shape index (κ2) is 6.83. The predicted molar refractivity (Wildman–Crippen MR) is 91.6 cm³/mol. The normalized spacial score (nSPS) is 13.7. The molecule has 4 N–H and O–H groups in total. The SMILES string of the molecule is CCC(C)n1cc(C(=O)NCC(C)O)c(=O)c2c(N)cccc21. The molecule has 0 saturated heterocycles. The van der Waals surface area contributed by atoms with Gasteiger partial charge in [0.1, 0.15) is 5.56 Å². The minimum atomic E-state index is -0.679. The fourth-order valence-electron chi connectivity index (χ4n) is 2.48. The summed E-state index contributed by atoms with van der Waals surface area (Å²) in [5, 5.41) is 12.2. The Labute approximate surface area is 134 Å². The summed E-state index contributed by atoms with van der Waals surface area (Å²) in [5.74, 6) is -0.502. The lowest BCUT2D eigenvalue weighted by Gasteiger charge is -2.19. The standard InChI is InChI=1S/C17H23N3O3/c1-4-10(2)20-9-12(17(23)19-8-11(3)21)16(22)15-13(18)6-5-7-14(15)20/h5-7,9-11,21H,4,8,18H2,1-3H3,(H,19,23). The maximum absolute atomic E-state index is 12.7. The van der Waals surface area contributed by atoms with Gasteiger partial charge in [-0.25, -0.2) is 0 Å². The van der Waals surface area contributed by atoms with E-state index >= 15 is 0 Å². The summed E-state index contributed by atoms with van der Waals surface area (Å²) < 4.78 is 1.91. The molecule has 2 atom stereocenters. The molecule has 6 nitrogen and oxygen atoms in total. The number of rotatable bonds is 5.